The van der Waals surface area contributed by atoms with Gasteiger partial charge in [0.05, 0.1) is 9.95 Å². The van der Waals surface area contributed by atoms with E-state index in [1.54, 1.807) is 6.07 Å². The lowest BCUT2D eigenvalue weighted by atomic mass is 9.55. The van der Waals surface area contributed by atoms with E-state index in [0.717, 1.165) is 19.3 Å². The third kappa shape index (κ3) is 2.49. The second kappa shape index (κ2) is 5.46. The van der Waals surface area contributed by atoms with Gasteiger partial charge in [-0.05, 0) is 18.9 Å². The van der Waals surface area contributed by atoms with E-state index >= 15 is 0 Å². The Morgan fingerprint density at radius 1 is 1.33 bits per heavy atom. The summed E-state index contributed by atoms with van der Waals surface area (Å²) in [5, 5.41) is 11.0. The summed E-state index contributed by atoms with van der Waals surface area (Å²) in [7, 11) is 0. The Morgan fingerprint density at radius 2 is 2.05 bits per heavy atom. The third-order valence-electron chi connectivity index (χ3n) is 5.03. The van der Waals surface area contributed by atoms with Gasteiger partial charge in [-0.2, -0.15) is 0 Å². The Labute approximate surface area is 128 Å². The average Bonchev–Trinajstić information content (AvgIpc) is 2.49. The van der Waals surface area contributed by atoms with Gasteiger partial charge in [-0.1, -0.05) is 30.9 Å². The zero-order valence-electron chi connectivity index (χ0n) is 11.8. The fraction of sp³-hybridized carbons (Fsp3) is 0.600. The van der Waals surface area contributed by atoms with Crippen LogP contribution in [-0.4, -0.2) is 17.1 Å². The summed E-state index contributed by atoms with van der Waals surface area (Å²) in [6.07, 6.45) is 6.76. The van der Waals surface area contributed by atoms with Gasteiger partial charge < -0.3 is 10.5 Å². The van der Waals surface area contributed by atoms with E-state index in [2.05, 4.69) is 0 Å². The van der Waals surface area contributed by atoms with Crippen LogP contribution in [0.2, 0.25) is 5.02 Å². The third-order valence-corrected chi connectivity index (χ3v) is 5.32. The number of rotatable bonds is 3. The Morgan fingerprint density at radius 3 is 2.62 bits per heavy atom. The van der Waals surface area contributed by atoms with Gasteiger partial charge >= 0.3 is 0 Å². The van der Waals surface area contributed by atoms with Crippen LogP contribution in [0.3, 0.4) is 0 Å². The number of hydrogen-bond acceptors (Lipinski definition) is 4. The van der Waals surface area contributed by atoms with Crippen LogP contribution in [0.1, 0.15) is 38.5 Å². The lowest BCUT2D eigenvalue weighted by molar-refractivity contribution is -0.384. The van der Waals surface area contributed by atoms with Crippen molar-refractivity contribution in [2.24, 2.45) is 11.1 Å². The summed E-state index contributed by atoms with van der Waals surface area (Å²) < 4.78 is 6.05. The van der Waals surface area contributed by atoms with Gasteiger partial charge in [-0.25, -0.2) is 0 Å². The van der Waals surface area contributed by atoms with Crippen LogP contribution >= 0.6 is 11.6 Å². The molecule has 2 N–H and O–H groups in total. The molecule has 2 fully saturated rings. The number of non-ortho nitro benzene ring substituents is 1. The fourth-order valence-corrected chi connectivity index (χ4v) is 3.92. The summed E-state index contributed by atoms with van der Waals surface area (Å²) in [6.45, 7) is 0. The predicted octanol–water partition coefficient (Wildman–Crippen LogP) is 3.68. The normalized spacial score (nSPS) is 27.1. The first-order chi connectivity index (χ1) is 10.0. The molecule has 0 heterocycles. The molecule has 0 bridgehead atoms. The number of benzene rings is 1. The summed E-state index contributed by atoms with van der Waals surface area (Å²) in [4.78, 5) is 10.3. The Hall–Kier alpha value is -1.33. The topological polar surface area (TPSA) is 78.4 Å². The second-order valence-electron chi connectivity index (χ2n) is 6.11. The van der Waals surface area contributed by atoms with Crippen LogP contribution in [0.25, 0.3) is 0 Å². The molecule has 0 amide bonds. The van der Waals surface area contributed by atoms with Crippen molar-refractivity contribution in [2.75, 3.05) is 0 Å². The highest BCUT2D eigenvalue weighted by Gasteiger charge is 2.55. The first-order valence-electron chi connectivity index (χ1n) is 7.39. The predicted molar refractivity (Wildman–Crippen MR) is 80.6 cm³/mol. The number of nitrogens with two attached hydrogens (primary N) is 1. The molecule has 0 aliphatic heterocycles. The average molecular weight is 311 g/mol. The molecule has 0 aromatic heterocycles. The summed E-state index contributed by atoms with van der Waals surface area (Å²) >= 11 is 6.10. The van der Waals surface area contributed by atoms with Gasteiger partial charge in [0.1, 0.15) is 11.9 Å². The lowest BCUT2D eigenvalue weighted by Gasteiger charge is -2.56. The Balaban J connectivity index is 1.76. The summed E-state index contributed by atoms with van der Waals surface area (Å²) in [6, 6.07) is 4.54. The van der Waals surface area contributed by atoms with Crippen LogP contribution < -0.4 is 10.5 Å². The van der Waals surface area contributed by atoms with Gasteiger partial charge in [0.15, 0.2) is 0 Å². The minimum absolute atomic E-state index is 0.0231. The number of halogens is 1. The highest BCUT2D eigenvalue weighted by Crippen LogP contribution is 2.52. The molecule has 3 rings (SSSR count). The van der Waals surface area contributed by atoms with Crippen molar-refractivity contribution in [1.29, 1.82) is 0 Å². The second-order valence-corrected chi connectivity index (χ2v) is 6.52. The van der Waals surface area contributed by atoms with Crippen molar-refractivity contribution in [3.8, 4) is 5.75 Å². The molecule has 2 saturated carbocycles. The van der Waals surface area contributed by atoms with E-state index in [4.69, 9.17) is 22.1 Å². The van der Waals surface area contributed by atoms with Crippen molar-refractivity contribution < 1.29 is 9.66 Å². The number of ether oxygens (including phenoxy) is 1. The maximum Gasteiger partial charge on any atom is 0.271 e. The summed E-state index contributed by atoms with van der Waals surface area (Å²) in [5.74, 6) is 0.518. The molecule has 114 valence electrons. The van der Waals surface area contributed by atoms with Crippen molar-refractivity contribution in [1.82, 2.24) is 0 Å². The van der Waals surface area contributed by atoms with Crippen molar-refractivity contribution in [3.05, 3.63) is 33.3 Å². The molecule has 2 atom stereocenters. The number of nitrogens with zero attached hydrogens (tertiary/aromatic N) is 1. The fourth-order valence-electron chi connectivity index (χ4n) is 3.70. The van der Waals surface area contributed by atoms with E-state index in [-0.39, 0.29) is 28.3 Å². The van der Waals surface area contributed by atoms with Crippen molar-refractivity contribution in [2.45, 2.75) is 50.7 Å². The minimum atomic E-state index is -0.461. The zero-order valence-corrected chi connectivity index (χ0v) is 12.5. The molecule has 0 radical (unpaired) electrons. The number of nitro benzene ring substituents is 1. The highest BCUT2D eigenvalue weighted by molar-refractivity contribution is 6.32. The molecule has 2 aliphatic carbocycles. The molecular weight excluding hydrogens is 292 g/mol. The van der Waals surface area contributed by atoms with Crippen molar-refractivity contribution >= 4 is 17.3 Å². The minimum Gasteiger partial charge on any atom is -0.488 e. The van der Waals surface area contributed by atoms with E-state index in [1.165, 1.54) is 31.4 Å². The molecule has 5 nitrogen and oxygen atoms in total. The molecule has 1 aromatic rings. The number of nitro groups is 1. The molecule has 2 unspecified atom stereocenters. The SMILES string of the molecule is NC1CC(Oc2ccc([N+](=O)[O-])cc2Cl)C12CCCCC2. The largest absolute Gasteiger partial charge is 0.488 e. The van der Waals surface area contributed by atoms with Gasteiger partial charge in [-0.3, -0.25) is 10.1 Å². The van der Waals surface area contributed by atoms with Crippen LogP contribution in [0.5, 0.6) is 5.75 Å². The van der Waals surface area contributed by atoms with E-state index < -0.39 is 4.92 Å². The van der Waals surface area contributed by atoms with Crippen LogP contribution in [-0.2, 0) is 0 Å². The Kier molecular flexibility index (Phi) is 3.80. The van der Waals surface area contributed by atoms with E-state index in [0.29, 0.717) is 5.75 Å². The molecule has 6 heteroatoms. The lowest BCUT2D eigenvalue weighted by Crippen LogP contribution is -2.64. The van der Waals surface area contributed by atoms with Gasteiger partial charge in [-0.15, -0.1) is 0 Å². The molecule has 2 aliphatic rings. The maximum atomic E-state index is 10.7. The highest BCUT2D eigenvalue weighted by atomic mass is 35.5. The molecule has 1 aromatic carbocycles. The first kappa shape index (κ1) is 14.6. The van der Waals surface area contributed by atoms with Gasteiger partial charge in [0.2, 0.25) is 0 Å². The molecular formula is C15H19ClN2O3. The van der Waals surface area contributed by atoms with Gasteiger partial charge in [0.25, 0.3) is 5.69 Å². The van der Waals surface area contributed by atoms with Crippen molar-refractivity contribution in [3.63, 3.8) is 0 Å². The quantitative estimate of drug-likeness (QED) is 0.682. The van der Waals surface area contributed by atoms with Crippen LogP contribution in [0.4, 0.5) is 5.69 Å². The van der Waals surface area contributed by atoms with E-state index in [9.17, 15) is 10.1 Å². The maximum absolute atomic E-state index is 10.7. The molecule has 1 spiro atoms. The van der Waals surface area contributed by atoms with Gasteiger partial charge in [0, 0.05) is 30.0 Å². The standard InChI is InChI=1S/C15H19ClN2O3/c16-11-8-10(18(19)20)4-5-12(11)21-14-9-13(17)15(14)6-2-1-3-7-15/h4-5,8,13-14H,1-3,6-7,9,17H2. The molecule has 21 heavy (non-hydrogen) atoms. The van der Waals surface area contributed by atoms with Crippen LogP contribution in [0.15, 0.2) is 18.2 Å². The van der Waals surface area contributed by atoms with Crippen LogP contribution in [0, 0.1) is 15.5 Å². The van der Waals surface area contributed by atoms with E-state index in [1.807, 2.05) is 0 Å². The number of hydrogen-bond donors (Lipinski definition) is 1. The molecule has 0 saturated heterocycles. The summed E-state index contributed by atoms with van der Waals surface area (Å²) in [5.41, 5.74) is 6.28. The smallest absolute Gasteiger partial charge is 0.271 e. The Bertz CT molecular complexity index is 558. The zero-order chi connectivity index (χ0) is 15.0. The first-order valence-corrected chi connectivity index (χ1v) is 7.77. The monoisotopic (exact) mass is 310 g/mol.